The largest absolute Gasteiger partial charge is 0.478 e. The van der Waals surface area contributed by atoms with E-state index in [4.69, 9.17) is 11.6 Å². The van der Waals surface area contributed by atoms with Gasteiger partial charge in [-0.1, -0.05) is 43.0 Å². The summed E-state index contributed by atoms with van der Waals surface area (Å²) in [5.41, 5.74) is 1.94. The molecule has 0 atom stereocenters. The lowest BCUT2D eigenvalue weighted by atomic mass is 9.83. The van der Waals surface area contributed by atoms with Crippen LogP contribution in [0.1, 0.15) is 64.3 Å². The van der Waals surface area contributed by atoms with Crippen LogP contribution in [0.25, 0.3) is 0 Å². The van der Waals surface area contributed by atoms with E-state index >= 15 is 0 Å². The highest BCUT2D eigenvalue weighted by Crippen LogP contribution is 2.33. The minimum atomic E-state index is -1.13. The Morgan fingerprint density at radius 2 is 1.80 bits per heavy atom. The number of hydrogen-bond donors (Lipinski definition) is 2. The summed E-state index contributed by atoms with van der Waals surface area (Å²) in [4.78, 5) is 23.9. The molecule has 1 aliphatic carbocycles. The minimum Gasteiger partial charge on any atom is -0.478 e. The molecule has 0 aromatic heterocycles. The molecule has 4 nitrogen and oxygen atoms in total. The molecular weight excluding hydrogens is 338 g/mol. The number of hydrogen-bond acceptors (Lipinski definition) is 2. The third-order valence-corrected chi connectivity index (χ3v) is 4.92. The third-order valence-electron chi connectivity index (χ3n) is 4.69. The highest BCUT2D eigenvalue weighted by Gasteiger charge is 2.18. The van der Waals surface area contributed by atoms with Crippen molar-refractivity contribution >= 4 is 29.2 Å². The first-order valence-corrected chi connectivity index (χ1v) is 8.86. The molecule has 1 saturated carbocycles. The number of aromatic carboxylic acids is 1. The zero-order valence-electron chi connectivity index (χ0n) is 13.8. The number of rotatable bonds is 4. The van der Waals surface area contributed by atoms with Crippen LogP contribution in [0.4, 0.5) is 5.69 Å². The van der Waals surface area contributed by atoms with Crippen molar-refractivity contribution < 1.29 is 14.7 Å². The second-order valence-corrected chi connectivity index (χ2v) is 6.85. The molecule has 5 heteroatoms. The summed E-state index contributed by atoms with van der Waals surface area (Å²) in [6.07, 6.45) is 6.06. The van der Waals surface area contributed by atoms with Crippen LogP contribution in [0.5, 0.6) is 0 Å². The lowest BCUT2D eigenvalue weighted by Crippen LogP contribution is -2.15. The maximum atomic E-state index is 12.6. The molecule has 130 valence electrons. The Labute approximate surface area is 151 Å². The van der Waals surface area contributed by atoms with Crippen molar-refractivity contribution in [2.45, 2.75) is 38.0 Å². The molecule has 0 aliphatic heterocycles. The molecule has 0 unspecified atom stereocenters. The van der Waals surface area contributed by atoms with E-state index in [0.29, 0.717) is 16.5 Å². The van der Waals surface area contributed by atoms with Crippen LogP contribution in [0, 0.1) is 0 Å². The molecule has 2 aromatic carbocycles. The van der Waals surface area contributed by atoms with Crippen LogP contribution >= 0.6 is 11.6 Å². The van der Waals surface area contributed by atoms with E-state index in [1.165, 1.54) is 37.0 Å². The van der Waals surface area contributed by atoms with Crippen molar-refractivity contribution in [1.82, 2.24) is 0 Å². The Balaban J connectivity index is 1.81. The number of amides is 1. The van der Waals surface area contributed by atoms with Gasteiger partial charge in [0.1, 0.15) is 0 Å². The molecule has 2 N–H and O–H groups in total. The van der Waals surface area contributed by atoms with Gasteiger partial charge < -0.3 is 10.4 Å². The fourth-order valence-electron chi connectivity index (χ4n) is 3.37. The Morgan fingerprint density at radius 3 is 2.52 bits per heavy atom. The van der Waals surface area contributed by atoms with E-state index < -0.39 is 5.97 Å². The molecule has 0 saturated heterocycles. The topological polar surface area (TPSA) is 66.4 Å². The van der Waals surface area contributed by atoms with Crippen molar-refractivity contribution in [3.63, 3.8) is 0 Å². The summed E-state index contributed by atoms with van der Waals surface area (Å²) in [6, 6.07) is 12.0. The van der Waals surface area contributed by atoms with Crippen molar-refractivity contribution in [1.29, 1.82) is 0 Å². The van der Waals surface area contributed by atoms with Crippen LogP contribution in [-0.2, 0) is 0 Å². The molecule has 1 aliphatic rings. The van der Waals surface area contributed by atoms with Crippen LogP contribution in [-0.4, -0.2) is 17.0 Å². The lowest BCUT2D eigenvalue weighted by molar-refractivity contribution is 0.0698. The number of nitrogens with one attached hydrogen (secondary N) is 1. The van der Waals surface area contributed by atoms with Crippen molar-refractivity contribution in [3.05, 3.63) is 64.2 Å². The quantitative estimate of drug-likeness (QED) is 0.776. The predicted octanol–water partition coefficient (Wildman–Crippen LogP) is 5.34. The number of carbonyl (C=O) groups excluding carboxylic acids is 1. The van der Waals surface area contributed by atoms with Gasteiger partial charge in [0.15, 0.2) is 0 Å². The van der Waals surface area contributed by atoms with Gasteiger partial charge in [-0.3, -0.25) is 4.79 Å². The normalized spacial score (nSPS) is 14.9. The van der Waals surface area contributed by atoms with Gasteiger partial charge in [-0.2, -0.15) is 0 Å². The number of anilines is 1. The first-order valence-electron chi connectivity index (χ1n) is 8.49. The Kier molecular flexibility index (Phi) is 5.39. The van der Waals surface area contributed by atoms with Gasteiger partial charge in [-0.25, -0.2) is 4.79 Å². The molecule has 1 amide bonds. The molecule has 3 rings (SSSR count). The minimum absolute atomic E-state index is 0.0238. The molecule has 0 spiro atoms. The molecule has 0 bridgehead atoms. The van der Waals surface area contributed by atoms with Gasteiger partial charge >= 0.3 is 5.97 Å². The average Bonchev–Trinajstić information content (AvgIpc) is 2.64. The van der Waals surface area contributed by atoms with Crippen LogP contribution < -0.4 is 5.32 Å². The summed E-state index contributed by atoms with van der Waals surface area (Å²) >= 11 is 5.85. The van der Waals surface area contributed by atoms with Crippen LogP contribution in [0.15, 0.2) is 42.5 Å². The number of carbonyl (C=O) groups is 2. The van der Waals surface area contributed by atoms with Gasteiger partial charge in [0.25, 0.3) is 5.91 Å². The van der Waals surface area contributed by atoms with Gasteiger partial charge in [0, 0.05) is 10.6 Å². The Morgan fingerprint density at radius 1 is 1.04 bits per heavy atom. The Bertz CT molecular complexity index is 797. The van der Waals surface area contributed by atoms with E-state index in [1.54, 1.807) is 12.1 Å². The summed E-state index contributed by atoms with van der Waals surface area (Å²) < 4.78 is 0. The molecule has 0 heterocycles. The van der Waals surface area contributed by atoms with E-state index in [9.17, 15) is 14.7 Å². The molecule has 0 radical (unpaired) electrons. The zero-order valence-corrected chi connectivity index (χ0v) is 14.6. The number of carboxylic acid groups (broad SMARTS) is 1. The van der Waals surface area contributed by atoms with E-state index in [2.05, 4.69) is 11.4 Å². The molecular formula is C20H20ClNO3. The highest BCUT2D eigenvalue weighted by atomic mass is 35.5. The van der Waals surface area contributed by atoms with Gasteiger partial charge in [-0.05, 0) is 54.7 Å². The van der Waals surface area contributed by atoms with Crippen LogP contribution in [0.3, 0.4) is 0 Å². The molecule has 2 aromatic rings. The average molecular weight is 358 g/mol. The fraction of sp³-hybridized carbons (Fsp3) is 0.300. The summed E-state index contributed by atoms with van der Waals surface area (Å²) in [5.74, 6) is -0.942. The fourth-order valence-corrected chi connectivity index (χ4v) is 3.54. The lowest BCUT2D eigenvalue weighted by Gasteiger charge is -2.22. The second kappa shape index (κ2) is 7.70. The van der Waals surface area contributed by atoms with Gasteiger partial charge in [0.2, 0.25) is 0 Å². The van der Waals surface area contributed by atoms with Crippen molar-refractivity contribution in [2.24, 2.45) is 0 Å². The van der Waals surface area contributed by atoms with E-state index in [-0.39, 0.29) is 17.2 Å². The summed E-state index contributed by atoms with van der Waals surface area (Å²) in [6.45, 7) is 0. The standard InChI is InChI=1S/C20H20ClNO3/c21-16-9-10-18(17(12-16)20(24)25)22-19(23)15-8-4-7-14(11-15)13-5-2-1-3-6-13/h4,7-13H,1-3,5-6H2,(H,22,23)(H,24,25). The monoisotopic (exact) mass is 357 g/mol. The Hall–Kier alpha value is -2.33. The zero-order chi connectivity index (χ0) is 17.8. The summed E-state index contributed by atoms with van der Waals surface area (Å²) in [7, 11) is 0. The number of halogens is 1. The number of carboxylic acids is 1. The number of benzene rings is 2. The molecule has 1 fully saturated rings. The summed E-state index contributed by atoms with van der Waals surface area (Å²) in [5, 5.41) is 12.3. The van der Waals surface area contributed by atoms with Gasteiger partial charge in [-0.15, -0.1) is 0 Å². The molecule has 25 heavy (non-hydrogen) atoms. The smallest absolute Gasteiger partial charge is 0.337 e. The highest BCUT2D eigenvalue weighted by molar-refractivity contribution is 6.31. The van der Waals surface area contributed by atoms with E-state index in [0.717, 1.165) is 12.8 Å². The second-order valence-electron chi connectivity index (χ2n) is 6.41. The maximum Gasteiger partial charge on any atom is 0.337 e. The van der Waals surface area contributed by atoms with Crippen LogP contribution in [0.2, 0.25) is 5.02 Å². The van der Waals surface area contributed by atoms with Crippen molar-refractivity contribution in [2.75, 3.05) is 5.32 Å². The maximum absolute atomic E-state index is 12.6. The van der Waals surface area contributed by atoms with Gasteiger partial charge in [0.05, 0.1) is 11.3 Å². The third kappa shape index (κ3) is 4.20. The van der Waals surface area contributed by atoms with E-state index in [1.807, 2.05) is 12.1 Å². The SMILES string of the molecule is O=C(Nc1ccc(Cl)cc1C(=O)O)c1cccc(C2CCCCC2)c1. The van der Waals surface area contributed by atoms with Crippen molar-refractivity contribution in [3.8, 4) is 0 Å². The first-order chi connectivity index (χ1) is 12.0. The predicted molar refractivity (Wildman–Crippen MR) is 98.6 cm³/mol. The first kappa shape index (κ1) is 17.5.